The Bertz CT molecular complexity index is 808. The van der Waals surface area contributed by atoms with E-state index >= 15 is 0 Å². The molecule has 8 heteroatoms. The molecule has 2 aromatic carbocycles. The molecule has 122 valence electrons. The number of hydrogen-bond acceptors (Lipinski definition) is 3. The summed E-state index contributed by atoms with van der Waals surface area (Å²) in [5.74, 6) is -0.328. The lowest BCUT2D eigenvalue weighted by molar-refractivity contribution is 0.600. The molecule has 0 unspecified atom stereocenters. The van der Waals surface area contributed by atoms with Crippen LogP contribution in [0.15, 0.2) is 48.5 Å². The summed E-state index contributed by atoms with van der Waals surface area (Å²) < 4.78 is 37.2. The van der Waals surface area contributed by atoms with Crippen LogP contribution in [-0.4, -0.2) is 26.8 Å². The molecule has 0 aromatic heterocycles. The molecule has 0 heterocycles. The third-order valence-corrected chi connectivity index (χ3v) is 4.48. The summed E-state index contributed by atoms with van der Waals surface area (Å²) in [5, 5.41) is 6.19. The fourth-order valence-electron chi connectivity index (χ4n) is 1.80. The van der Waals surface area contributed by atoms with Crippen LogP contribution in [0.1, 0.15) is 0 Å². The van der Waals surface area contributed by atoms with Gasteiger partial charge >= 0.3 is 0 Å². The van der Waals surface area contributed by atoms with Gasteiger partial charge in [0.2, 0.25) is 10.0 Å². The smallest absolute Gasteiger partial charge is 0.231 e. The van der Waals surface area contributed by atoms with Gasteiger partial charge in [-0.2, -0.15) is 0 Å². The van der Waals surface area contributed by atoms with E-state index in [1.165, 1.54) is 23.5 Å². The lowest BCUT2D eigenvalue weighted by Crippen LogP contribution is -2.25. The van der Waals surface area contributed by atoms with Crippen molar-refractivity contribution in [2.45, 2.75) is 0 Å². The molecule has 2 N–H and O–H groups in total. The first-order valence-electron chi connectivity index (χ1n) is 6.63. The van der Waals surface area contributed by atoms with Crippen molar-refractivity contribution < 1.29 is 12.8 Å². The minimum atomic E-state index is -3.33. The Morgan fingerprint density at radius 1 is 1.09 bits per heavy atom. The largest absolute Gasteiger partial charge is 0.332 e. The summed E-state index contributed by atoms with van der Waals surface area (Å²) in [6, 6.07) is 12.6. The topological polar surface area (TPSA) is 61.4 Å². The second-order valence-electron chi connectivity index (χ2n) is 4.87. The maximum Gasteiger partial charge on any atom is 0.231 e. The molecule has 0 atom stereocenters. The van der Waals surface area contributed by atoms with E-state index in [0.717, 1.165) is 6.26 Å². The number of sulfonamides is 1. The first kappa shape index (κ1) is 17.2. The second-order valence-corrected chi connectivity index (χ2v) is 7.29. The van der Waals surface area contributed by atoms with Gasteiger partial charge in [0.15, 0.2) is 5.11 Å². The Morgan fingerprint density at radius 3 is 2.30 bits per heavy atom. The first-order chi connectivity index (χ1) is 10.8. The lowest BCUT2D eigenvalue weighted by atomic mass is 10.3. The molecule has 0 aliphatic rings. The molecule has 2 rings (SSSR count). The number of thiocarbonyl (C=S) groups is 1. The summed E-state index contributed by atoms with van der Waals surface area (Å²) in [6.07, 6.45) is 1.13. The standard InChI is InChI=1S/C15H16FN3O2S2/c1-19(23(2,20)21)14-5-3-4-13(10-14)18-15(22)17-12-8-6-11(16)7-9-12/h3-10H,1-2H3,(H2,17,18,22). The Morgan fingerprint density at radius 2 is 1.70 bits per heavy atom. The third-order valence-electron chi connectivity index (χ3n) is 3.07. The van der Waals surface area contributed by atoms with Crippen LogP contribution < -0.4 is 14.9 Å². The van der Waals surface area contributed by atoms with Crippen LogP contribution in [0, 0.1) is 5.82 Å². The van der Waals surface area contributed by atoms with Gasteiger partial charge < -0.3 is 10.6 Å². The molecule has 0 aliphatic carbocycles. The van der Waals surface area contributed by atoms with Gasteiger partial charge in [0.25, 0.3) is 0 Å². The summed E-state index contributed by atoms with van der Waals surface area (Å²) in [6.45, 7) is 0. The normalized spacial score (nSPS) is 10.9. The highest BCUT2D eigenvalue weighted by atomic mass is 32.2. The van der Waals surface area contributed by atoms with Crippen LogP contribution in [0.3, 0.4) is 0 Å². The fourth-order valence-corrected chi connectivity index (χ4v) is 2.53. The van der Waals surface area contributed by atoms with Crippen molar-refractivity contribution in [3.63, 3.8) is 0 Å². The summed E-state index contributed by atoms with van der Waals surface area (Å²) >= 11 is 5.19. The van der Waals surface area contributed by atoms with Crippen molar-refractivity contribution in [1.82, 2.24) is 0 Å². The quantitative estimate of drug-likeness (QED) is 0.828. The van der Waals surface area contributed by atoms with Crippen molar-refractivity contribution >= 4 is 44.4 Å². The zero-order valence-electron chi connectivity index (χ0n) is 12.6. The van der Waals surface area contributed by atoms with E-state index in [1.807, 2.05) is 0 Å². The van der Waals surface area contributed by atoms with Gasteiger partial charge in [-0.3, -0.25) is 4.31 Å². The van der Waals surface area contributed by atoms with Crippen molar-refractivity contribution in [3.05, 3.63) is 54.3 Å². The maximum atomic E-state index is 12.9. The van der Waals surface area contributed by atoms with Gasteiger partial charge in [-0.05, 0) is 54.7 Å². The average Bonchev–Trinajstić information content (AvgIpc) is 2.48. The number of benzene rings is 2. The van der Waals surface area contributed by atoms with Crippen molar-refractivity contribution in [1.29, 1.82) is 0 Å². The molecule has 0 saturated heterocycles. The van der Waals surface area contributed by atoms with Gasteiger partial charge in [-0.15, -0.1) is 0 Å². The highest BCUT2D eigenvalue weighted by molar-refractivity contribution is 7.92. The molecule has 0 spiro atoms. The van der Waals surface area contributed by atoms with E-state index in [-0.39, 0.29) is 5.82 Å². The van der Waals surface area contributed by atoms with Gasteiger partial charge in [-0.1, -0.05) is 6.07 Å². The number of hydrogen-bond donors (Lipinski definition) is 2. The van der Waals surface area contributed by atoms with Crippen molar-refractivity contribution in [3.8, 4) is 0 Å². The van der Waals surface area contributed by atoms with Crippen LogP contribution in [0.25, 0.3) is 0 Å². The Labute approximate surface area is 140 Å². The van der Waals surface area contributed by atoms with Crippen LogP contribution in [0.4, 0.5) is 21.5 Å². The predicted molar refractivity (Wildman–Crippen MR) is 95.9 cm³/mol. The Hall–Kier alpha value is -2.19. The molecule has 0 fully saturated rings. The zero-order chi connectivity index (χ0) is 17.0. The van der Waals surface area contributed by atoms with Gasteiger partial charge in [-0.25, -0.2) is 12.8 Å². The minimum absolute atomic E-state index is 0.316. The molecule has 0 saturated carbocycles. The number of nitrogens with zero attached hydrogens (tertiary/aromatic N) is 1. The van der Waals surface area contributed by atoms with E-state index in [2.05, 4.69) is 10.6 Å². The maximum absolute atomic E-state index is 12.9. The molecule has 0 radical (unpaired) electrons. The number of anilines is 3. The lowest BCUT2D eigenvalue weighted by Gasteiger charge is -2.18. The molecular formula is C15H16FN3O2S2. The molecule has 0 aliphatic heterocycles. The molecular weight excluding hydrogens is 337 g/mol. The van der Waals surface area contributed by atoms with Crippen molar-refractivity contribution in [2.24, 2.45) is 0 Å². The monoisotopic (exact) mass is 353 g/mol. The predicted octanol–water partition coefficient (Wildman–Crippen LogP) is 3.03. The van der Waals surface area contributed by atoms with E-state index in [9.17, 15) is 12.8 Å². The molecule has 0 amide bonds. The van der Waals surface area contributed by atoms with E-state index in [1.54, 1.807) is 36.4 Å². The first-order valence-corrected chi connectivity index (χ1v) is 8.89. The number of halogens is 1. The van der Waals surface area contributed by atoms with Gasteiger partial charge in [0.05, 0.1) is 11.9 Å². The van der Waals surface area contributed by atoms with Crippen LogP contribution in [0.5, 0.6) is 0 Å². The average molecular weight is 353 g/mol. The second kappa shape index (κ2) is 6.93. The summed E-state index contributed by atoms with van der Waals surface area (Å²) in [7, 11) is -1.86. The highest BCUT2D eigenvalue weighted by Gasteiger charge is 2.12. The molecule has 0 bridgehead atoms. The zero-order valence-corrected chi connectivity index (χ0v) is 14.2. The SMILES string of the molecule is CN(c1cccc(NC(=S)Nc2ccc(F)cc2)c1)S(C)(=O)=O. The summed E-state index contributed by atoms with van der Waals surface area (Å²) in [5.41, 5.74) is 1.80. The van der Waals surface area contributed by atoms with Crippen molar-refractivity contribution in [2.75, 3.05) is 28.2 Å². The fraction of sp³-hybridized carbons (Fsp3) is 0.133. The van der Waals surface area contributed by atoms with Crippen LogP contribution in [0.2, 0.25) is 0 Å². The number of rotatable bonds is 4. The molecule has 5 nitrogen and oxygen atoms in total. The van der Waals surface area contributed by atoms with E-state index in [0.29, 0.717) is 22.2 Å². The van der Waals surface area contributed by atoms with Crippen LogP contribution >= 0.6 is 12.2 Å². The number of nitrogens with one attached hydrogen (secondary N) is 2. The molecule has 23 heavy (non-hydrogen) atoms. The van der Waals surface area contributed by atoms with Crippen LogP contribution in [-0.2, 0) is 10.0 Å². The van der Waals surface area contributed by atoms with E-state index in [4.69, 9.17) is 12.2 Å². The highest BCUT2D eigenvalue weighted by Crippen LogP contribution is 2.20. The van der Waals surface area contributed by atoms with Gasteiger partial charge in [0.1, 0.15) is 5.82 Å². The third kappa shape index (κ3) is 4.90. The van der Waals surface area contributed by atoms with Gasteiger partial charge in [0, 0.05) is 18.4 Å². The van der Waals surface area contributed by atoms with E-state index < -0.39 is 10.0 Å². The Kier molecular flexibility index (Phi) is 5.17. The minimum Gasteiger partial charge on any atom is -0.332 e. The molecule has 2 aromatic rings. The summed E-state index contributed by atoms with van der Waals surface area (Å²) in [4.78, 5) is 0. The Balaban J connectivity index is 2.08.